The second-order valence-electron chi connectivity index (χ2n) is 5.63. The Morgan fingerprint density at radius 1 is 0.565 bits per heavy atom. The number of aldehydes is 2. The highest BCUT2D eigenvalue weighted by atomic mass is 16.1. The second kappa shape index (κ2) is 14.7. The fourth-order valence-electron chi connectivity index (χ4n) is 1.11. The Hall–Kier alpha value is -2.22. The number of allylic oxidation sites excluding steroid dienone is 12. The molecule has 0 aliphatic heterocycles. The van der Waals surface area contributed by atoms with Gasteiger partial charge >= 0.3 is 0 Å². The van der Waals surface area contributed by atoms with E-state index in [0.717, 1.165) is 23.7 Å². The van der Waals surface area contributed by atoms with Gasteiger partial charge in [0.2, 0.25) is 0 Å². The highest BCUT2D eigenvalue weighted by Gasteiger charge is 1.83. The molecule has 0 bridgehead atoms. The lowest BCUT2D eigenvalue weighted by atomic mass is 10.1. The normalized spacial score (nSPS) is 11.3. The van der Waals surface area contributed by atoms with E-state index in [9.17, 15) is 9.59 Å². The number of hydrogen-bond donors (Lipinski definition) is 0. The third-order valence-electron chi connectivity index (χ3n) is 3.15. The summed E-state index contributed by atoms with van der Waals surface area (Å²) in [7, 11) is 0. The molecule has 0 aromatic carbocycles. The van der Waals surface area contributed by atoms with Crippen molar-refractivity contribution in [3.05, 3.63) is 70.4 Å². The van der Waals surface area contributed by atoms with Crippen molar-refractivity contribution in [2.75, 3.05) is 0 Å². The van der Waals surface area contributed by atoms with Gasteiger partial charge in [-0.05, 0) is 60.6 Å². The van der Waals surface area contributed by atoms with Crippen LogP contribution in [0.3, 0.4) is 0 Å². The number of rotatable bonds is 6. The summed E-state index contributed by atoms with van der Waals surface area (Å²) < 4.78 is 0. The van der Waals surface area contributed by atoms with Gasteiger partial charge in [0.25, 0.3) is 0 Å². The molecule has 2 heteroatoms. The Balaban J connectivity index is 0. The quantitative estimate of drug-likeness (QED) is 0.358. The molecule has 0 radical (unpaired) electrons. The molecule has 0 unspecified atom stereocenters. The Kier molecular flexibility index (Phi) is 14.7. The summed E-state index contributed by atoms with van der Waals surface area (Å²) in [6.07, 6.45) is 14.2. The molecule has 0 heterocycles. The van der Waals surface area contributed by atoms with E-state index in [1.165, 1.54) is 28.9 Å². The minimum atomic E-state index is 0.780. The lowest BCUT2D eigenvalue weighted by molar-refractivity contribution is -0.104. The molecule has 0 fully saturated rings. The third kappa shape index (κ3) is 16.0. The fraction of sp³-hybridized carbons (Fsp3) is 0.333. The molecule has 2 nitrogen and oxygen atoms in total. The van der Waals surface area contributed by atoms with Crippen molar-refractivity contribution in [1.29, 1.82) is 0 Å². The molecule has 126 valence electrons. The average Bonchev–Trinajstić information content (AvgIpc) is 2.50. The van der Waals surface area contributed by atoms with E-state index < -0.39 is 0 Å². The van der Waals surface area contributed by atoms with E-state index >= 15 is 0 Å². The smallest absolute Gasteiger partial charge is 0.142 e. The maximum atomic E-state index is 10.0. The molecule has 0 saturated heterocycles. The van der Waals surface area contributed by atoms with Crippen molar-refractivity contribution in [3.63, 3.8) is 0 Å². The van der Waals surface area contributed by atoms with E-state index in [1.54, 1.807) is 6.08 Å². The van der Waals surface area contributed by atoms with Gasteiger partial charge in [-0.3, -0.25) is 9.59 Å². The van der Waals surface area contributed by atoms with Gasteiger partial charge in [-0.15, -0.1) is 0 Å². The standard InChI is InChI=1S/C13H18O.C8H12O/c1-11(2)13(4)9-5-7-12(3)8-6-10-14;1-7(2)8(3)5-4-6-9/h5-10H,1-4H3;4-6H,1-3H3/b8-6+,9-5+,12-7+;5-4+. The molecule has 0 atom stereocenters. The maximum Gasteiger partial charge on any atom is 0.142 e. The zero-order chi connectivity index (χ0) is 18.3. The molecule has 0 rings (SSSR count). The first kappa shape index (κ1) is 23.1. The van der Waals surface area contributed by atoms with Gasteiger partial charge in [-0.1, -0.05) is 58.2 Å². The molecular formula is C21H30O2. The summed E-state index contributed by atoms with van der Waals surface area (Å²) in [5, 5.41) is 0. The number of hydrogen-bond acceptors (Lipinski definition) is 2. The zero-order valence-corrected chi connectivity index (χ0v) is 15.5. The van der Waals surface area contributed by atoms with Gasteiger partial charge in [-0.25, -0.2) is 0 Å². The van der Waals surface area contributed by atoms with Crippen LogP contribution in [0.4, 0.5) is 0 Å². The Morgan fingerprint density at radius 3 is 1.35 bits per heavy atom. The summed E-state index contributed by atoms with van der Waals surface area (Å²) in [5.74, 6) is 0. The zero-order valence-electron chi connectivity index (χ0n) is 15.5. The largest absolute Gasteiger partial charge is 0.299 e. The van der Waals surface area contributed by atoms with E-state index in [0.29, 0.717) is 0 Å². The van der Waals surface area contributed by atoms with Crippen molar-refractivity contribution in [1.82, 2.24) is 0 Å². The van der Waals surface area contributed by atoms with Crippen LogP contribution in [0.1, 0.15) is 48.5 Å². The molecule has 0 amide bonds. The lowest BCUT2D eigenvalue weighted by Crippen LogP contribution is -1.73. The predicted molar refractivity (Wildman–Crippen MR) is 101 cm³/mol. The van der Waals surface area contributed by atoms with E-state index in [4.69, 9.17) is 0 Å². The Morgan fingerprint density at radius 2 is 0.957 bits per heavy atom. The van der Waals surface area contributed by atoms with E-state index in [2.05, 4.69) is 26.8 Å². The summed E-state index contributed by atoms with van der Waals surface area (Å²) in [6.45, 7) is 14.2. The Labute approximate surface area is 141 Å². The Bertz CT molecular complexity index is 542. The third-order valence-corrected chi connectivity index (χ3v) is 3.15. The molecule has 0 N–H and O–H groups in total. The van der Waals surface area contributed by atoms with Gasteiger partial charge in [0, 0.05) is 0 Å². The van der Waals surface area contributed by atoms with Crippen LogP contribution in [-0.2, 0) is 9.59 Å². The summed E-state index contributed by atoms with van der Waals surface area (Å²) in [4.78, 5) is 19.9. The van der Waals surface area contributed by atoms with Gasteiger partial charge in [-0.2, -0.15) is 0 Å². The van der Waals surface area contributed by atoms with Gasteiger partial charge in [0.05, 0.1) is 0 Å². The molecule has 0 spiro atoms. The van der Waals surface area contributed by atoms with Crippen molar-refractivity contribution in [2.24, 2.45) is 0 Å². The van der Waals surface area contributed by atoms with Gasteiger partial charge in [0.15, 0.2) is 0 Å². The van der Waals surface area contributed by atoms with Crippen LogP contribution in [0.5, 0.6) is 0 Å². The molecular weight excluding hydrogens is 284 g/mol. The monoisotopic (exact) mass is 314 g/mol. The van der Waals surface area contributed by atoms with Gasteiger partial charge in [0.1, 0.15) is 12.6 Å². The predicted octanol–water partition coefficient (Wildman–Crippen LogP) is 5.70. The second-order valence-corrected chi connectivity index (χ2v) is 5.63. The van der Waals surface area contributed by atoms with Crippen molar-refractivity contribution in [2.45, 2.75) is 48.5 Å². The maximum absolute atomic E-state index is 10.0. The first-order valence-electron chi connectivity index (χ1n) is 7.63. The van der Waals surface area contributed by atoms with Crippen LogP contribution in [0, 0.1) is 0 Å². The first-order chi connectivity index (χ1) is 10.8. The van der Waals surface area contributed by atoms with Crippen LogP contribution in [-0.4, -0.2) is 12.6 Å². The van der Waals surface area contributed by atoms with Crippen LogP contribution >= 0.6 is 0 Å². The molecule has 0 saturated carbocycles. The highest BCUT2D eigenvalue weighted by molar-refractivity contribution is 5.66. The number of carbonyl (C=O) groups is 2. The van der Waals surface area contributed by atoms with Crippen molar-refractivity contribution in [3.8, 4) is 0 Å². The van der Waals surface area contributed by atoms with Crippen molar-refractivity contribution >= 4 is 12.6 Å². The molecule has 0 aromatic heterocycles. The highest BCUT2D eigenvalue weighted by Crippen LogP contribution is 2.04. The van der Waals surface area contributed by atoms with E-state index in [-0.39, 0.29) is 0 Å². The summed E-state index contributed by atoms with van der Waals surface area (Å²) >= 11 is 0. The fourth-order valence-corrected chi connectivity index (χ4v) is 1.11. The van der Waals surface area contributed by atoms with Gasteiger partial charge < -0.3 is 0 Å². The minimum absolute atomic E-state index is 0.780. The van der Waals surface area contributed by atoms with Crippen LogP contribution in [0.2, 0.25) is 0 Å². The van der Waals surface area contributed by atoms with Crippen LogP contribution < -0.4 is 0 Å². The summed E-state index contributed by atoms with van der Waals surface area (Å²) in [5.41, 5.74) is 6.05. The average molecular weight is 314 g/mol. The number of carbonyl (C=O) groups excluding carboxylic acids is 2. The minimum Gasteiger partial charge on any atom is -0.299 e. The van der Waals surface area contributed by atoms with Crippen molar-refractivity contribution < 1.29 is 9.59 Å². The SMILES string of the molecule is CC(C)=C(C)/C=C/C=C(C)/C=C/C=O.CC(C)=C(C)/C=C/C=O. The molecule has 0 aliphatic rings. The topological polar surface area (TPSA) is 34.1 Å². The summed E-state index contributed by atoms with van der Waals surface area (Å²) in [6, 6.07) is 0. The van der Waals surface area contributed by atoms with Crippen LogP contribution in [0.15, 0.2) is 70.4 Å². The lowest BCUT2D eigenvalue weighted by Gasteiger charge is -1.93. The molecule has 23 heavy (non-hydrogen) atoms. The molecule has 0 aliphatic carbocycles. The first-order valence-corrected chi connectivity index (χ1v) is 7.63. The van der Waals surface area contributed by atoms with Crippen LogP contribution in [0.25, 0.3) is 0 Å². The molecule has 0 aromatic rings. The van der Waals surface area contributed by atoms with E-state index in [1.807, 2.05) is 45.9 Å².